The highest BCUT2D eigenvalue weighted by Gasteiger charge is 2.34. The molecule has 0 unspecified atom stereocenters. The molecule has 46 heavy (non-hydrogen) atoms. The average molecular weight is 761 g/mol. The van der Waals surface area contributed by atoms with Crippen molar-refractivity contribution in [1.29, 1.82) is 0 Å². The fraction of sp³-hybridized carbons (Fsp3) is 0.773. The van der Waals surface area contributed by atoms with Gasteiger partial charge in [0.1, 0.15) is 0 Å². The standard InChI is InChI=1S/C22H36Br2.C22H36/c1-3-5-7-17-9-11-18(12-10-17)19-13-15-20(16-14-19)22(24)21(23)8-6-4-2;1-3-5-7-8-10-20-13-17-22(18-14-20)21-15-11-19(12-16-21)9-6-4-2/h3-4,17-22H,1-2,5-16H2;3-4,8,10,19-22H,1-2,5-7,9,11-18H2/b;10-8+/t17?,18?,19?,20?,21-,22+;/m0./s1. The molecule has 0 bridgehead atoms. The summed E-state index contributed by atoms with van der Waals surface area (Å²) in [5.41, 5.74) is 0. The Kier molecular flexibility index (Phi) is 20.8. The van der Waals surface area contributed by atoms with Gasteiger partial charge < -0.3 is 0 Å². The van der Waals surface area contributed by atoms with Crippen LogP contribution >= 0.6 is 31.9 Å². The molecule has 4 aliphatic carbocycles. The Hall–Kier alpha value is -0.340. The topological polar surface area (TPSA) is 0 Å². The minimum absolute atomic E-state index is 0.595. The molecule has 262 valence electrons. The van der Waals surface area contributed by atoms with E-state index in [0.717, 1.165) is 60.2 Å². The van der Waals surface area contributed by atoms with E-state index >= 15 is 0 Å². The minimum atomic E-state index is 0.595. The van der Waals surface area contributed by atoms with Crippen molar-refractivity contribution in [2.45, 2.75) is 164 Å². The summed E-state index contributed by atoms with van der Waals surface area (Å²) in [5.74, 6) is 7.84. The number of unbranched alkanes of at least 4 members (excludes halogenated alkanes) is 1. The summed E-state index contributed by atoms with van der Waals surface area (Å²) in [6.07, 6.45) is 46.5. The number of halogens is 2. The van der Waals surface area contributed by atoms with E-state index in [1.165, 1.54) is 141 Å². The highest BCUT2D eigenvalue weighted by molar-refractivity contribution is 9.12. The van der Waals surface area contributed by atoms with E-state index in [1.807, 2.05) is 12.2 Å². The van der Waals surface area contributed by atoms with Crippen LogP contribution in [0.1, 0.15) is 154 Å². The third-order valence-corrected chi connectivity index (χ3v) is 15.8. The summed E-state index contributed by atoms with van der Waals surface area (Å²) in [6.45, 7) is 15.4. The van der Waals surface area contributed by atoms with Crippen molar-refractivity contribution in [3.8, 4) is 0 Å². The third-order valence-electron chi connectivity index (χ3n) is 12.7. The lowest BCUT2D eigenvalue weighted by Crippen LogP contribution is -2.31. The van der Waals surface area contributed by atoms with Gasteiger partial charge in [0.25, 0.3) is 0 Å². The van der Waals surface area contributed by atoms with Crippen LogP contribution in [0.2, 0.25) is 0 Å². The molecule has 4 rings (SSSR count). The molecule has 0 N–H and O–H groups in total. The molecule has 0 amide bonds. The zero-order valence-corrected chi connectivity index (χ0v) is 33.0. The number of alkyl halides is 2. The van der Waals surface area contributed by atoms with Crippen LogP contribution in [0.4, 0.5) is 0 Å². The highest BCUT2D eigenvalue weighted by atomic mass is 79.9. The normalized spacial score (nSPS) is 33.3. The molecule has 4 aliphatic rings. The Morgan fingerprint density at radius 2 is 0.891 bits per heavy atom. The lowest BCUT2D eigenvalue weighted by atomic mass is 9.68. The maximum absolute atomic E-state index is 3.99. The fourth-order valence-electron chi connectivity index (χ4n) is 9.58. The zero-order valence-electron chi connectivity index (χ0n) is 29.8. The molecule has 4 saturated carbocycles. The van der Waals surface area contributed by atoms with Crippen LogP contribution in [0.5, 0.6) is 0 Å². The van der Waals surface area contributed by atoms with Crippen molar-refractivity contribution in [3.05, 3.63) is 62.8 Å². The van der Waals surface area contributed by atoms with Crippen LogP contribution in [0.25, 0.3) is 0 Å². The van der Waals surface area contributed by atoms with Gasteiger partial charge in [0, 0.05) is 9.65 Å². The van der Waals surface area contributed by atoms with Gasteiger partial charge in [-0.1, -0.05) is 94.0 Å². The van der Waals surface area contributed by atoms with Gasteiger partial charge in [-0.15, -0.1) is 26.3 Å². The molecular formula is C44H72Br2. The van der Waals surface area contributed by atoms with Gasteiger partial charge in [0.2, 0.25) is 0 Å². The van der Waals surface area contributed by atoms with E-state index in [9.17, 15) is 0 Å². The molecule has 2 heteroatoms. The SMILES string of the molecule is C=CCC/C=C/C1CCC(C2CCC(CCC=C)CC2)CC1.C=CCCC1CCC(C2CCC([C@@H](Br)[C@@H](Br)CCC=C)CC2)CC1. The predicted octanol–water partition coefficient (Wildman–Crippen LogP) is 15.1. The lowest BCUT2D eigenvalue weighted by Gasteiger charge is -2.39. The van der Waals surface area contributed by atoms with Gasteiger partial charge >= 0.3 is 0 Å². The number of allylic oxidation sites excluding steroid dienone is 6. The van der Waals surface area contributed by atoms with Crippen LogP contribution in [0.3, 0.4) is 0 Å². The van der Waals surface area contributed by atoms with E-state index in [1.54, 1.807) is 0 Å². The Morgan fingerprint density at radius 1 is 0.478 bits per heavy atom. The first-order chi connectivity index (χ1) is 22.5. The van der Waals surface area contributed by atoms with E-state index in [-0.39, 0.29) is 0 Å². The first-order valence-corrected chi connectivity index (χ1v) is 21.7. The summed E-state index contributed by atoms with van der Waals surface area (Å²) < 4.78 is 0. The van der Waals surface area contributed by atoms with Crippen LogP contribution in [-0.2, 0) is 0 Å². The van der Waals surface area contributed by atoms with Gasteiger partial charge in [-0.3, -0.25) is 0 Å². The predicted molar refractivity (Wildman–Crippen MR) is 214 cm³/mol. The molecule has 0 aliphatic heterocycles. The lowest BCUT2D eigenvalue weighted by molar-refractivity contribution is 0.143. The fourth-order valence-corrected chi connectivity index (χ4v) is 11.1. The molecule has 0 aromatic heterocycles. The van der Waals surface area contributed by atoms with E-state index in [2.05, 4.69) is 82.5 Å². The Morgan fingerprint density at radius 3 is 1.33 bits per heavy atom. The van der Waals surface area contributed by atoms with Crippen molar-refractivity contribution >= 4 is 31.9 Å². The second kappa shape index (κ2) is 23.9. The summed E-state index contributed by atoms with van der Waals surface area (Å²) >= 11 is 7.89. The largest absolute Gasteiger partial charge is 0.103 e. The number of hydrogen-bond donors (Lipinski definition) is 0. The first-order valence-electron chi connectivity index (χ1n) is 19.9. The van der Waals surface area contributed by atoms with Crippen molar-refractivity contribution in [2.24, 2.45) is 47.3 Å². The van der Waals surface area contributed by atoms with Crippen LogP contribution in [0, 0.1) is 47.3 Å². The van der Waals surface area contributed by atoms with E-state index in [4.69, 9.17) is 0 Å². The third kappa shape index (κ3) is 14.6. The monoisotopic (exact) mass is 758 g/mol. The Balaban J connectivity index is 0.000000251. The van der Waals surface area contributed by atoms with E-state index in [0.29, 0.717) is 9.65 Å². The van der Waals surface area contributed by atoms with Gasteiger partial charge in [0.05, 0.1) is 0 Å². The molecular weight excluding hydrogens is 688 g/mol. The van der Waals surface area contributed by atoms with Crippen LogP contribution in [0.15, 0.2) is 62.8 Å². The molecule has 0 heterocycles. The first kappa shape index (κ1) is 40.1. The van der Waals surface area contributed by atoms with Gasteiger partial charge in [-0.25, -0.2) is 0 Å². The molecule has 0 spiro atoms. The average Bonchev–Trinajstić information content (AvgIpc) is 3.11. The van der Waals surface area contributed by atoms with Crippen molar-refractivity contribution in [1.82, 2.24) is 0 Å². The number of hydrogen-bond acceptors (Lipinski definition) is 0. The summed E-state index contributed by atoms with van der Waals surface area (Å²) in [7, 11) is 0. The molecule has 4 fully saturated rings. The number of rotatable bonds is 17. The van der Waals surface area contributed by atoms with Crippen LogP contribution in [-0.4, -0.2) is 9.65 Å². The van der Waals surface area contributed by atoms with Crippen molar-refractivity contribution in [2.75, 3.05) is 0 Å². The second-order valence-electron chi connectivity index (χ2n) is 15.8. The van der Waals surface area contributed by atoms with Gasteiger partial charge in [-0.05, 0) is 176 Å². The molecule has 0 aromatic carbocycles. The highest BCUT2D eigenvalue weighted by Crippen LogP contribution is 2.45. The molecule has 0 radical (unpaired) electrons. The molecule has 0 saturated heterocycles. The minimum Gasteiger partial charge on any atom is -0.103 e. The molecule has 2 atom stereocenters. The summed E-state index contributed by atoms with van der Waals surface area (Å²) in [5, 5.41) is 0. The Labute approximate surface area is 304 Å². The molecule has 0 aromatic rings. The Bertz CT molecular complexity index is 841. The van der Waals surface area contributed by atoms with Gasteiger partial charge in [-0.2, -0.15) is 0 Å². The van der Waals surface area contributed by atoms with Crippen molar-refractivity contribution < 1.29 is 0 Å². The second-order valence-corrected chi connectivity index (χ2v) is 18.0. The summed E-state index contributed by atoms with van der Waals surface area (Å²) in [4.78, 5) is 1.23. The summed E-state index contributed by atoms with van der Waals surface area (Å²) in [6, 6.07) is 0. The van der Waals surface area contributed by atoms with Gasteiger partial charge in [0.15, 0.2) is 0 Å². The molecule has 0 nitrogen and oxygen atoms in total. The van der Waals surface area contributed by atoms with E-state index < -0.39 is 0 Å². The quantitative estimate of drug-likeness (QED) is 0.0787. The smallest absolute Gasteiger partial charge is 0.0299 e. The maximum atomic E-state index is 3.99. The zero-order chi connectivity index (χ0) is 33.0. The maximum Gasteiger partial charge on any atom is 0.0299 e. The van der Waals surface area contributed by atoms with Crippen LogP contribution < -0.4 is 0 Å². The van der Waals surface area contributed by atoms with Crippen molar-refractivity contribution in [3.63, 3.8) is 0 Å².